The summed E-state index contributed by atoms with van der Waals surface area (Å²) in [5.74, 6) is 3.37. The lowest BCUT2D eigenvalue weighted by atomic mass is 10.1. The average Bonchev–Trinajstić information content (AvgIpc) is 3.41. The Hall–Kier alpha value is -2.47. The maximum Gasteiger partial charge on any atom is 0.257 e. The van der Waals surface area contributed by atoms with Gasteiger partial charge in [0, 0.05) is 32.2 Å². The number of ether oxygens (including phenoxy) is 2. The minimum absolute atomic E-state index is 0.0609. The maximum absolute atomic E-state index is 13.0. The lowest BCUT2D eigenvalue weighted by molar-refractivity contribution is 0.0759. The fourth-order valence-corrected chi connectivity index (χ4v) is 4.15. The molecule has 2 fully saturated rings. The average molecular weight is 399 g/mol. The highest BCUT2D eigenvalue weighted by atomic mass is 16.5. The molecule has 0 aliphatic carbocycles. The van der Waals surface area contributed by atoms with Gasteiger partial charge in [-0.2, -0.15) is 0 Å². The van der Waals surface area contributed by atoms with Crippen LogP contribution in [0.3, 0.4) is 0 Å². The van der Waals surface area contributed by atoms with E-state index in [0.717, 1.165) is 69.9 Å². The largest absolute Gasteiger partial charge is 0.497 e. The van der Waals surface area contributed by atoms with E-state index in [-0.39, 0.29) is 12.0 Å². The van der Waals surface area contributed by atoms with Crippen LogP contribution in [0.1, 0.15) is 47.6 Å². The molecule has 0 N–H and O–H groups in total. The van der Waals surface area contributed by atoms with E-state index < -0.39 is 0 Å². The standard InChI is InChI=1S/C23H30N2O4/c1-17-5-6-20(28-17)16-24-13-9-18(10-14-24)29-22-15-19(27-2)7-8-21(22)23(26)25-11-3-4-12-25/h5-8,15,18H,3-4,9-14,16H2,1-2H3. The first kappa shape index (κ1) is 19.8. The SMILES string of the molecule is COc1ccc(C(=O)N2CCCC2)c(OC2CCN(Cc3ccc(C)o3)CC2)c1. The van der Waals surface area contributed by atoms with Crippen molar-refractivity contribution in [2.45, 2.75) is 45.3 Å². The van der Waals surface area contributed by atoms with E-state index in [0.29, 0.717) is 17.1 Å². The highest BCUT2D eigenvalue weighted by Gasteiger charge is 2.26. The number of methoxy groups -OCH3 is 1. The Morgan fingerprint density at radius 3 is 2.52 bits per heavy atom. The Bertz CT molecular complexity index is 833. The summed E-state index contributed by atoms with van der Waals surface area (Å²) in [7, 11) is 1.63. The molecule has 4 rings (SSSR count). The zero-order valence-corrected chi connectivity index (χ0v) is 17.4. The molecule has 0 atom stereocenters. The summed E-state index contributed by atoms with van der Waals surface area (Å²) >= 11 is 0. The van der Waals surface area contributed by atoms with Gasteiger partial charge in [0.15, 0.2) is 0 Å². The number of carbonyl (C=O) groups is 1. The van der Waals surface area contributed by atoms with E-state index in [2.05, 4.69) is 4.90 Å². The predicted molar refractivity (Wildman–Crippen MR) is 111 cm³/mol. The molecule has 3 heterocycles. The molecular weight excluding hydrogens is 368 g/mol. The zero-order valence-electron chi connectivity index (χ0n) is 17.4. The fourth-order valence-electron chi connectivity index (χ4n) is 4.15. The van der Waals surface area contributed by atoms with Gasteiger partial charge in [0.1, 0.15) is 29.1 Å². The van der Waals surface area contributed by atoms with Gasteiger partial charge in [-0.1, -0.05) is 0 Å². The number of carbonyl (C=O) groups excluding carboxylic acids is 1. The molecule has 0 bridgehead atoms. The van der Waals surface area contributed by atoms with Crippen LogP contribution in [-0.2, 0) is 6.54 Å². The van der Waals surface area contributed by atoms with E-state index in [1.54, 1.807) is 7.11 Å². The predicted octanol–water partition coefficient (Wildman–Crippen LogP) is 3.88. The van der Waals surface area contributed by atoms with Crippen LogP contribution in [-0.4, -0.2) is 55.1 Å². The Kier molecular flexibility index (Phi) is 6.09. The van der Waals surface area contributed by atoms with E-state index in [1.165, 1.54) is 0 Å². The molecule has 0 radical (unpaired) electrons. The van der Waals surface area contributed by atoms with E-state index >= 15 is 0 Å². The third-order valence-corrected chi connectivity index (χ3v) is 5.82. The second-order valence-corrected chi connectivity index (χ2v) is 7.97. The zero-order chi connectivity index (χ0) is 20.2. The van der Waals surface area contributed by atoms with Gasteiger partial charge in [-0.15, -0.1) is 0 Å². The van der Waals surface area contributed by atoms with Crippen LogP contribution in [0.4, 0.5) is 0 Å². The first-order chi connectivity index (χ1) is 14.1. The van der Waals surface area contributed by atoms with Crippen LogP contribution in [0.25, 0.3) is 0 Å². The van der Waals surface area contributed by atoms with Crippen molar-refractivity contribution in [1.29, 1.82) is 0 Å². The molecule has 156 valence electrons. The summed E-state index contributed by atoms with van der Waals surface area (Å²) in [6.07, 6.45) is 4.10. The van der Waals surface area contributed by atoms with Gasteiger partial charge >= 0.3 is 0 Å². The first-order valence-electron chi connectivity index (χ1n) is 10.5. The van der Waals surface area contributed by atoms with Crippen LogP contribution >= 0.6 is 0 Å². The van der Waals surface area contributed by atoms with E-state index in [1.807, 2.05) is 42.2 Å². The smallest absolute Gasteiger partial charge is 0.257 e. The molecule has 0 spiro atoms. The van der Waals surface area contributed by atoms with Crippen molar-refractivity contribution in [2.24, 2.45) is 0 Å². The minimum atomic E-state index is 0.0609. The second-order valence-electron chi connectivity index (χ2n) is 7.97. The Morgan fingerprint density at radius 1 is 1.10 bits per heavy atom. The van der Waals surface area contributed by atoms with E-state index in [4.69, 9.17) is 13.9 Å². The summed E-state index contributed by atoms with van der Waals surface area (Å²) in [6, 6.07) is 9.58. The fraction of sp³-hybridized carbons (Fsp3) is 0.522. The number of hydrogen-bond acceptors (Lipinski definition) is 5. The number of aryl methyl sites for hydroxylation is 1. The molecule has 1 aromatic carbocycles. The molecule has 2 aliphatic rings. The van der Waals surface area contributed by atoms with Gasteiger partial charge in [-0.25, -0.2) is 0 Å². The molecule has 2 saturated heterocycles. The number of rotatable bonds is 6. The highest BCUT2D eigenvalue weighted by Crippen LogP contribution is 2.30. The minimum Gasteiger partial charge on any atom is -0.497 e. The van der Waals surface area contributed by atoms with Crippen molar-refractivity contribution in [2.75, 3.05) is 33.3 Å². The van der Waals surface area contributed by atoms with Gasteiger partial charge < -0.3 is 18.8 Å². The number of nitrogens with zero attached hydrogens (tertiary/aromatic N) is 2. The lowest BCUT2D eigenvalue weighted by Crippen LogP contribution is -2.38. The molecule has 6 heteroatoms. The molecule has 0 saturated carbocycles. The van der Waals surface area contributed by atoms with Crippen molar-refractivity contribution in [3.63, 3.8) is 0 Å². The number of furan rings is 1. The van der Waals surface area contributed by atoms with Crippen molar-refractivity contribution >= 4 is 5.91 Å². The maximum atomic E-state index is 13.0. The van der Waals surface area contributed by atoms with Crippen LogP contribution in [0.5, 0.6) is 11.5 Å². The third-order valence-electron chi connectivity index (χ3n) is 5.82. The molecule has 1 amide bonds. The first-order valence-corrected chi connectivity index (χ1v) is 10.5. The van der Waals surface area contributed by atoms with Crippen LogP contribution in [0.15, 0.2) is 34.7 Å². The third kappa shape index (κ3) is 4.75. The normalized spacial score (nSPS) is 18.2. The number of likely N-dealkylation sites (tertiary alicyclic amines) is 2. The molecular formula is C23H30N2O4. The lowest BCUT2D eigenvalue weighted by Gasteiger charge is -2.32. The quantitative estimate of drug-likeness (QED) is 0.739. The summed E-state index contributed by atoms with van der Waals surface area (Å²) in [5, 5.41) is 0. The topological polar surface area (TPSA) is 55.1 Å². The Balaban J connectivity index is 1.40. The summed E-state index contributed by atoms with van der Waals surface area (Å²) in [4.78, 5) is 17.3. The van der Waals surface area contributed by atoms with Crippen LogP contribution < -0.4 is 9.47 Å². The number of piperidine rings is 1. The molecule has 2 aliphatic heterocycles. The molecule has 29 heavy (non-hydrogen) atoms. The monoisotopic (exact) mass is 398 g/mol. The van der Waals surface area contributed by atoms with Crippen molar-refractivity contribution in [3.05, 3.63) is 47.4 Å². The molecule has 6 nitrogen and oxygen atoms in total. The number of hydrogen-bond donors (Lipinski definition) is 0. The van der Waals surface area contributed by atoms with Crippen molar-refractivity contribution < 1.29 is 18.7 Å². The van der Waals surface area contributed by atoms with Gasteiger partial charge in [-0.05, 0) is 56.9 Å². The van der Waals surface area contributed by atoms with Crippen LogP contribution in [0, 0.1) is 6.92 Å². The number of amides is 1. The van der Waals surface area contributed by atoms with Crippen LogP contribution in [0.2, 0.25) is 0 Å². The van der Waals surface area contributed by atoms with Gasteiger partial charge in [0.25, 0.3) is 5.91 Å². The Labute approximate surface area is 172 Å². The van der Waals surface area contributed by atoms with Gasteiger partial charge in [0.2, 0.25) is 0 Å². The summed E-state index contributed by atoms with van der Waals surface area (Å²) in [5.41, 5.74) is 0.640. The highest BCUT2D eigenvalue weighted by molar-refractivity contribution is 5.97. The Morgan fingerprint density at radius 2 is 1.86 bits per heavy atom. The van der Waals surface area contributed by atoms with Gasteiger partial charge in [0.05, 0.1) is 19.2 Å². The summed E-state index contributed by atoms with van der Waals surface area (Å²) < 4.78 is 17.4. The number of benzene rings is 1. The molecule has 0 unspecified atom stereocenters. The second kappa shape index (κ2) is 8.91. The van der Waals surface area contributed by atoms with Crippen molar-refractivity contribution in [1.82, 2.24) is 9.80 Å². The molecule has 1 aromatic heterocycles. The van der Waals surface area contributed by atoms with E-state index in [9.17, 15) is 4.79 Å². The summed E-state index contributed by atoms with van der Waals surface area (Å²) in [6.45, 7) is 6.36. The van der Waals surface area contributed by atoms with Gasteiger partial charge in [-0.3, -0.25) is 9.69 Å². The molecule has 2 aromatic rings. The van der Waals surface area contributed by atoms with Crippen molar-refractivity contribution in [3.8, 4) is 11.5 Å².